The molecular formula is C32H64ClNO6. The van der Waals surface area contributed by atoms with E-state index in [9.17, 15) is 10.2 Å². The number of aliphatic hydroxyl groups excluding tert-OH is 3. The summed E-state index contributed by atoms with van der Waals surface area (Å²) >= 11 is 0. The van der Waals surface area contributed by atoms with Crippen molar-refractivity contribution in [2.75, 3.05) is 79.0 Å². The summed E-state index contributed by atoms with van der Waals surface area (Å²) in [5.74, 6) is 0. The lowest BCUT2D eigenvalue weighted by Gasteiger charge is -2.40. The number of aliphatic hydroxyl groups is 3. The molecule has 0 rings (SSSR count). The van der Waals surface area contributed by atoms with Crippen LogP contribution in [0.4, 0.5) is 0 Å². The Labute approximate surface area is 253 Å². The summed E-state index contributed by atoms with van der Waals surface area (Å²) in [7, 11) is 0. The van der Waals surface area contributed by atoms with Gasteiger partial charge in [-0.1, -0.05) is 70.3 Å². The quantitative estimate of drug-likeness (QED) is 0.0650. The Bertz CT molecular complexity index is 551. The summed E-state index contributed by atoms with van der Waals surface area (Å²) in [6, 6.07) is 0. The van der Waals surface area contributed by atoms with E-state index in [4.69, 9.17) is 19.3 Å². The zero-order chi connectivity index (χ0) is 28.7. The Balaban J connectivity index is 0. The fourth-order valence-electron chi connectivity index (χ4n) is 4.70. The lowest BCUT2D eigenvalue weighted by Crippen LogP contribution is -3.00. The average molecular weight is 594 g/mol. The average Bonchev–Trinajstić information content (AvgIpc) is 2.94. The highest BCUT2D eigenvalue weighted by Crippen LogP contribution is 2.15. The zero-order valence-corrected chi connectivity index (χ0v) is 26.7. The van der Waals surface area contributed by atoms with Crippen molar-refractivity contribution in [1.82, 2.24) is 0 Å². The van der Waals surface area contributed by atoms with Crippen LogP contribution >= 0.6 is 0 Å². The van der Waals surface area contributed by atoms with Gasteiger partial charge in [0.05, 0.1) is 52.8 Å². The Hall–Kier alpha value is -0.510. The molecule has 0 fully saturated rings. The van der Waals surface area contributed by atoms with Crippen molar-refractivity contribution in [2.24, 2.45) is 0 Å². The lowest BCUT2D eigenvalue weighted by atomic mass is 10.1. The first kappa shape index (κ1) is 41.6. The van der Waals surface area contributed by atoms with Gasteiger partial charge < -0.3 is 46.4 Å². The maximum atomic E-state index is 10.3. The number of hydrogen-bond donors (Lipinski definition) is 3. The molecule has 2 atom stereocenters. The zero-order valence-electron chi connectivity index (χ0n) is 26.0. The van der Waals surface area contributed by atoms with Crippen molar-refractivity contribution in [1.29, 1.82) is 0 Å². The van der Waals surface area contributed by atoms with Crippen LogP contribution in [0.1, 0.15) is 97.3 Å². The Morgan fingerprint density at radius 2 is 1.15 bits per heavy atom. The first-order valence-corrected chi connectivity index (χ1v) is 15.9. The number of unbranched alkanes of at least 4 members (excludes halogenated alkanes) is 9. The predicted octanol–water partition coefficient (Wildman–Crippen LogP) is 2.43. The molecule has 3 N–H and O–H groups in total. The van der Waals surface area contributed by atoms with Gasteiger partial charge in [0, 0.05) is 6.61 Å². The highest BCUT2D eigenvalue weighted by atomic mass is 35.5. The van der Waals surface area contributed by atoms with Crippen molar-refractivity contribution in [3.63, 3.8) is 0 Å². The van der Waals surface area contributed by atoms with Crippen LogP contribution in [0.3, 0.4) is 0 Å². The van der Waals surface area contributed by atoms with Crippen LogP contribution in [0.15, 0.2) is 24.3 Å². The van der Waals surface area contributed by atoms with Gasteiger partial charge in [-0.05, 0) is 51.4 Å². The van der Waals surface area contributed by atoms with Crippen LogP contribution in [0, 0.1) is 0 Å². The van der Waals surface area contributed by atoms with Crippen LogP contribution < -0.4 is 12.4 Å². The number of allylic oxidation sites excluding steroid dienone is 4. The molecule has 0 spiro atoms. The second-order valence-corrected chi connectivity index (χ2v) is 10.7. The monoisotopic (exact) mass is 593 g/mol. The molecule has 0 saturated heterocycles. The molecule has 0 radical (unpaired) electrons. The number of halogens is 1. The van der Waals surface area contributed by atoms with Gasteiger partial charge >= 0.3 is 0 Å². The fraction of sp³-hybridized carbons (Fsp3) is 0.875. The number of quaternary nitrogens is 1. The molecule has 0 aromatic rings. The minimum atomic E-state index is -0.764. The van der Waals surface area contributed by atoms with Crippen molar-refractivity contribution in [2.45, 2.75) is 103 Å². The first-order chi connectivity index (χ1) is 19.1. The van der Waals surface area contributed by atoms with Crippen molar-refractivity contribution >= 4 is 0 Å². The molecule has 8 heteroatoms. The van der Waals surface area contributed by atoms with E-state index in [-0.39, 0.29) is 25.6 Å². The van der Waals surface area contributed by atoms with E-state index >= 15 is 0 Å². The molecule has 0 heterocycles. The fourth-order valence-corrected chi connectivity index (χ4v) is 4.70. The van der Waals surface area contributed by atoms with Crippen LogP contribution in [-0.4, -0.2) is 105 Å². The van der Waals surface area contributed by atoms with Crippen LogP contribution in [0.5, 0.6) is 0 Å². The molecule has 40 heavy (non-hydrogen) atoms. The molecule has 7 nitrogen and oxygen atoms in total. The topological polar surface area (TPSA) is 88.4 Å². The standard InChI is InChI=1S/C32H64NO6.ClH/c1-3-5-6-7-8-9-10-11-12-13-14-15-16-17-18-19-20-33(30-32(36)31-35,21-25-38-27-23-34)22-26-39-29-28-37-24-4-2;/h8-9,11-12,32,34-36H,3-7,10,13-31H2,1-2H3;1H/q+1;/p-1/b9-8+,12-11+;. The molecule has 2 unspecified atom stereocenters. The molecule has 0 bridgehead atoms. The Kier molecular flexibility index (Phi) is 34.3. The SMILES string of the molecule is CCCCC/C=C/C/C=C/CCCCCCCC[N+](CCOCCO)(CCOCCOCCC)CC(O)CO.[Cl-]. The predicted molar refractivity (Wildman–Crippen MR) is 162 cm³/mol. The molecule has 0 amide bonds. The number of nitrogens with zero attached hydrogens (tertiary/aromatic N) is 1. The van der Waals surface area contributed by atoms with E-state index in [0.717, 1.165) is 51.9 Å². The lowest BCUT2D eigenvalue weighted by molar-refractivity contribution is -0.931. The van der Waals surface area contributed by atoms with Gasteiger partial charge in [-0.15, -0.1) is 0 Å². The molecule has 240 valence electrons. The third-order valence-electron chi connectivity index (χ3n) is 7.02. The van der Waals surface area contributed by atoms with Crippen LogP contribution in [0.25, 0.3) is 0 Å². The van der Waals surface area contributed by atoms with Crippen LogP contribution in [0.2, 0.25) is 0 Å². The summed E-state index contributed by atoms with van der Waals surface area (Å²) in [5.41, 5.74) is 0. The molecule has 0 saturated carbocycles. The van der Waals surface area contributed by atoms with E-state index < -0.39 is 6.10 Å². The smallest absolute Gasteiger partial charge is 0.126 e. The minimum absolute atomic E-state index is 0. The van der Waals surface area contributed by atoms with Gasteiger partial charge in [0.25, 0.3) is 0 Å². The molecule has 0 aliphatic heterocycles. The van der Waals surface area contributed by atoms with Crippen LogP contribution in [-0.2, 0) is 14.2 Å². The second-order valence-electron chi connectivity index (χ2n) is 10.7. The molecule has 0 aliphatic carbocycles. The maximum Gasteiger partial charge on any atom is 0.126 e. The highest BCUT2D eigenvalue weighted by Gasteiger charge is 2.29. The third kappa shape index (κ3) is 27.6. The highest BCUT2D eigenvalue weighted by molar-refractivity contribution is 4.92. The molecule has 0 aromatic heterocycles. The van der Waals surface area contributed by atoms with Crippen molar-refractivity contribution < 1.29 is 46.4 Å². The Morgan fingerprint density at radius 3 is 1.73 bits per heavy atom. The van der Waals surface area contributed by atoms with Gasteiger partial charge in [0.1, 0.15) is 25.7 Å². The second kappa shape index (κ2) is 33.0. The number of ether oxygens (including phenoxy) is 3. The Morgan fingerprint density at radius 1 is 0.600 bits per heavy atom. The van der Waals surface area contributed by atoms with E-state index in [1.165, 1.54) is 57.8 Å². The van der Waals surface area contributed by atoms with Gasteiger partial charge in [-0.25, -0.2) is 0 Å². The van der Waals surface area contributed by atoms with Crippen molar-refractivity contribution in [3.8, 4) is 0 Å². The van der Waals surface area contributed by atoms with Gasteiger partial charge in [0.15, 0.2) is 0 Å². The minimum Gasteiger partial charge on any atom is -1.00 e. The van der Waals surface area contributed by atoms with E-state index in [2.05, 4.69) is 38.2 Å². The largest absolute Gasteiger partial charge is 1.00 e. The summed E-state index contributed by atoms with van der Waals surface area (Å²) in [6.07, 6.45) is 24.1. The summed E-state index contributed by atoms with van der Waals surface area (Å²) in [5, 5.41) is 28.9. The third-order valence-corrected chi connectivity index (χ3v) is 7.02. The molecule has 0 aliphatic rings. The molecular weight excluding hydrogens is 530 g/mol. The normalized spacial score (nSPS) is 14.1. The summed E-state index contributed by atoms with van der Waals surface area (Å²) < 4.78 is 17.6. The van der Waals surface area contributed by atoms with Crippen molar-refractivity contribution in [3.05, 3.63) is 24.3 Å². The number of hydrogen-bond acceptors (Lipinski definition) is 6. The summed E-state index contributed by atoms with van der Waals surface area (Å²) in [6.45, 7) is 10.3. The van der Waals surface area contributed by atoms with Gasteiger partial charge in [-0.2, -0.15) is 0 Å². The van der Waals surface area contributed by atoms with E-state index in [1.54, 1.807) is 0 Å². The van der Waals surface area contributed by atoms with E-state index in [1.807, 2.05) is 0 Å². The first-order valence-electron chi connectivity index (χ1n) is 15.9. The van der Waals surface area contributed by atoms with E-state index in [0.29, 0.717) is 44.1 Å². The van der Waals surface area contributed by atoms with Gasteiger partial charge in [-0.3, -0.25) is 0 Å². The summed E-state index contributed by atoms with van der Waals surface area (Å²) in [4.78, 5) is 0. The van der Waals surface area contributed by atoms with Gasteiger partial charge in [0.2, 0.25) is 0 Å². The number of rotatable bonds is 31. The molecule has 0 aromatic carbocycles. The maximum absolute atomic E-state index is 10.3.